The average molecular weight is 443 g/mol. The molecule has 4 rings (SSSR count). The van der Waals surface area contributed by atoms with E-state index in [-0.39, 0.29) is 24.7 Å². The number of imidazole rings is 1. The number of H-pyrrole nitrogens is 1. The number of nitrogens with one attached hydrogen (secondary N) is 3. The van der Waals surface area contributed by atoms with Crippen LogP contribution in [0.15, 0.2) is 66.7 Å². The van der Waals surface area contributed by atoms with Crippen molar-refractivity contribution in [2.75, 3.05) is 10.6 Å². The van der Waals surface area contributed by atoms with Gasteiger partial charge in [-0.3, -0.25) is 9.59 Å². The summed E-state index contributed by atoms with van der Waals surface area (Å²) >= 11 is 0. The molecule has 0 fully saturated rings. The molecule has 33 heavy (non-hydrogen) atoms. The summed E-state index contributed by atoms with van der Waals surface area (Å²) in [5.74, 6) is -0.387. The van der Waals surface area contributed by atoms with Crippen molar-refractivity contribution in [1.29, 1.82) is 0 Å². The van der Waals surface area contributed by atoms with E-state index in [0.29, 0.717) is 11.6 Å². The van der Waals surface area contributed by atoms with Crippen LogP contribution in [0.4, 0.5) is 17.3 Å². The molecule has 0 aliphatic carbocycles. The van der Waals surface area contributed by atoms with Gasteiger partial charge in [0.1, 0.15) is 0 Å². The number of carboxylic acid groups (broad SMARTS) is 1. The van der Waals surface area contributed by atoms with Crippen LogP contribution in [0, 0.1) is 6.92 Å². The molecule has 1 heterocycles. The van der Waals surface area contributed by atoms with Gasteiger partial charge >= 0.3 is 5.97 Å². The van der Waals surface area contributed by atoms with Crippen molar-refractivity contribution >= 4 is 40.2 Å². The van der Waals surface area contributed by atoms with Gasteiger partial charge in [-0.25, -0.2) is 4.98 Å². The molecule has 4 N–H and O–H groups in total. The number of nitrogens with zero attached hydrogens (tertiary/aromatic N) is 1. The van der Waals surface area contributed by atoms with Gasteiger partial charge in [-0.15, -0.1) is 0 Å². The predicted octanol–water partition coefficient (Wildman–Crippen LogP) is 5.37. The van der Waals surface area contributed by atoms with Crippen LogP contribution in [-0.4, -0.2) is 27.0 Å². The zero-order valence-electron chi connectivity index (χ0n) is 18.6. The Morgan fingerprint density at radius 1 is 1.06 bits per heavy atom. The zero-order valence-corrected chi connectivity index (χ0v) is 18.6. The number of carbonyl (C=O) groups is 2. The molecule has 4 aromatic rings. The number of amides is 1. The largest absolute Gasteiger partial charge is 0.481 e. The van der Waals surface area contributed by atoms with Gasteiger partial charge in [0, 0.05) is 11.4 Å². The van der Waals surface area contributed by atoms with E-state index in [9.17, 15) is 9.59 Å². The Kier molecular flexibility index (Phi) is 6.40. The number of rotatable bonds is 8. The van der Waals surface area contributed by atoms with Crippen molar-refractivity contribution < 1.29 is 14.7 Å². The first-order valence-electron chi connectivity index (χ1n) is 10.8. The van der Waals surface area contributed by atoms with Crippen molar-refractivity contribution in [2.24, 2.45) is 0 Å². The highest BCUT2D eigenvalue weighted by Gasteiger charge is 2.11. The third-order valence-electron chi connectivity index (χ3n) is 5.55. The number of aryl methyl sites for hydroxylation is 1. The lowest BCUT2D eigenvalue weighted by molar-refractivity contribution is -0.137. The van der Waals surface area contributed by atoms with Crippen molar-refractivity contribution in [3.8, 4) is 0 Å². The van der Waals surface area contributed by atoms with Crippen LogP contribution in [0.2, 0.25) is 0 Å². The third-order valence-corrected chi connectivity index (χ3v) is 5.55. The molecule has 1 amide bonds. The summed E-state index contributed by atoms with van der Waals surface area (Å²) in [4.78, 5) is 31.3. The summed E-state index contributed by atoms with van der Waals surface area (Å²) in [6.45, 7) is 3.90. The van der Waals surface area contributed by atoms with Gasteiger partial charge in [-0.2, -0.15) is 0 Å². The summed E-state index contributed by atoms with van der Waals surface area (Å²) < 4.78 is 0. The van der Waals surface area contributed by atoms with E-state index < -0.39 is 5.97 Å². The molecule has 168 valence electrons. The van der Waals surface area contributed by atoms with Crippen LogP contribution in [0.25, 0.3) is 11.0 Å². The standard InChI is InChI=1S/C26H26N4O3/c1-16-5-3-4-6-21(16)28-26-29-22-12-7-18(14-23(22)30-26)15-24(31)27-20-10-8-19(9-11-20)17(2)13-25(32)33/h3-12,14,17H,13,15H2,1-2H3,(H,27,31)(H,32,33)(H2,28,29,30). The van der Waals surface area contributed by atoms with Gasteiger partial charge in [0.05, 0.1) is 23.9 Å². The van der Waals surface area contributed by atoms with Crippen LogP contribution in [-0.2, 0) is 16.0 Å². The van der Waals surface area contributed by atoms with Crippen LogP contribution in [0.1, 0.15) is 36.0 Å². The number of aliphatic carboxylic acids is 1. The Balaban J connectivity index is 1.39. The summed E-state index contributed by atoms with van der Waals surface area (Å²) in [6.07, 6.45) is 0.302. The van der Waals surface area contributed by atoms with Gasteiger partial charge in [0.15, 0.2) is 0 Å². The second-order valence-electron chi connectivity index (χ2n) is 8.22. The fraction of sp³-hybridized carbons (Fsp3) is 0.192. The fourth-order valence-electron chi connectivity index (χ4n) is 3.73. The van der Waals surface area contributed by atoms with Gasteiger partial charge in [0.25, 0.3) is 0 Å². The maximum absolute atomic E-state index is 12.5. The number of benzene rings is 3. The minimum atomic E-state index is -0.827. The minimum Gasteiger partial charge on any atom is -0.481 e. The molecule has 0 bridgehead atoms. The molecule has 0 aliphatic rings. The summed E-state index contributed by atoms with van der Waals surface area (Å²) in [6, 6.07) is 21.0. The molecule has 1 aromatic heterocycles. The van der Waals surface area contributed by atoms with E-state index in [1.165, 1.54) is 0 Å². The Morgan fingerprint density at radius 2 is 1.82 bits per heavy atom. The number of carboxylic acids is 1. The lowest BCUT2D eigenvalue weighted by atomic mass is 9.98. The van der Waals surface area contributed by atoms with Crippen molar-refractivity contribution in [1.82, 2.24) is 9.97 Å². The Bertz CT molecular complexity index is 1290. The average Bonchev–Trinajstić information content (AvgIpc) is 3.17. The maximum Gasteiger partial charge on any atom is 0.303 e. The highest BCUT2D eigenvalue weighted by molar-refractivity contribution is 5.93. The van der Waals surface area contributed by atoms with E-state index in [0.717, 1.165) is 33.4 Å². The highest BCUT2D eigenvalue weighted by atomic mass is 16.4. The molecular weight excluding hydrogens is 416 g/mol. The molecule has 0 aliphatic heterocycles. The van der Waals surface area contributed by atoms with Crippen LogP contribution in [0.5, 0.6) is 0 Å². The van der Waals surface area contributed by atoms with Crippen molar-refractivity contribution in [2.45, 2.75) is 32.6 Å². The predicted molar refractivity (Wildman–Crippen MR) is 130 cm³/mol. The molecule has 0 saturated heterocycles. The van der Waals surface area contributed by atoms with Gasteiger partial charge in [0.2, 0.25) is 11.9 Å². The van der Waals surface area contributed by atoms with Crippen LogP contribution in [0.3, 0.4) is 0 Å². The number of para-hydroxylation sites is 1. The van der Waals surface area contributed by atoms with Crippen LogP contribution < -0.4 is 10.6 Å². The molecule has 0 saturated carbocycles. The second-order valence-corrected chi connectivity index (χ2v) is 8.22. The number of fused-ring (bicyclic) bond motifs is 1. The van der Waals surface area contributed by atoms with Crippen molar-refractivity contribution in [3.05, 3.63) is 83.4 Å². The number of carbonyl (C=O) groups excluding carboxylic acids is 1. The Labute approximate surface area is 191 Å². The lowest BCUT2D eigenvalue weighted by Crippen LogP contribution is -2.14. The number of aromatic amines is 1. The normalized spacial score (nSPS) is 11.8. The molecule has 7 heteroatoms. The van der Waals surface area contributed by atoms with Gasteiger partial charge < -0.3 is 20.7 Å². The fourth-order valence-corrected chi connectivity index (χ4v) is 3.73. The second kappa shape index (κ2) is 9.56. The molecule has 0 radical (unpaired) electrons. The van der Waals surface area contributed by atoms with E-state index >= 15 is 0 Å². The quantitative estimate of drug-likeness (QED) is 0.293. The number of hydrogen-bond donors (Lipinski definition) is 4. The molecule has 1 unspecified atom stereocenters. The lowest BCUT2D eigenvalue weighted by Gasteiger charge is -2.11. The first-order chi connectivity index (χ1) is 15.9. The molecular formula is C26H26N4O3. The Hall–Kier alpha value is -4.13. The molecule has 1 atom stereocenters. The van der Waals surface area contributed by atoms with Gasteiger partial charge in [-0.05, 0) is 59.9 Å². The monoisotopic (exact) mass is 442 g/mol. The highest BCUT2D eigenvalue weighted by Crippen LogP contribution is 2.23. The SMILES string of the molecule is Cc1ccccc1Nc1nc2ccc(CC(=O)Nc3ccc(C(C)CC(=O)O)cc3)cc2[nH]1. The summed E-state index contributed by atoms with van der Waals surface area (Å²) in [5.41, 5.74) is 6.26. The zero-order chi connectivity index (χ0) is 23.4. The van der Waals surface area contributed by atoms with E-state index in [4.69, 9.17) is 5.11 Å². The number of aromatic nitrogens is 2. The van der Waals surface area contributed by atoms with E-state index in [2.05, 4.69) is 20.6 Å². The smallest absolute Gasteiger partial charge is 0.303 e. The summed E-state index contributed by atoms with van der Waals surface area (Å²) in [5, 5.41) is 15.1. The number of anilines is 3. The third kappa shape index (κ3) is 5.57. The van der Waals surface area contributed by atoms with E-state index in [1.807, 2.05) is 68.4 Å². The van der Waals surface area contributed by atoms with Gasteiger partial charge in [-0.1, -0.05) is 43.3 Å². The topological polar surface area (TPSA) is 107 Å². The first kappa shape index (κ1) is 22.1. The maximum atomic E-state index is 12.5. The van der Waals surface area contributed by atoms with Crippen molar-refractivity contribution in [3.63, 3.8) is 0 Å². The van der Waals surface area contributed by atoms with E-state index in [1.54, 1.807) is 12.1 Å². The molecule has 0 spiro atoms. The first-order valence-corrected chi connectivity index (χ1v) is 10.8. The summed E-state index contributed by atoms with van der Waals surface area (Å²) in [7, 11) is 0. The minimum absolute atomic E-state index is 0.0734. The van der Waals surface area contributed by atoms with Crippen LogP contribution >= 0.6 is 0 Å². The molecule has 3 aromatic carbocycles. The Morgan fingerprint density at radius 3 is 2.55 bits per heavy atom. The molecule has 7 nitrogen and oxygen atoms in total. The number of hydrogen-bond acceptors (Lipinski definition) is 4.